The maximum absolute atomic E-state index is 13.1. The molecule has 0 spiro atoms. The van der Waals surface area contributed by atoms with Gasteiger partial charge in [-0.3, -0.25) is 14.4 Å². The molecule has 1 atom stereocenters. The second-order valence-corrected chi connectivity index (χ2v) is 7.15. The monoisotopic (exact) mass is 396 g/mol. The highest BCUT2D eigenvalue weighted by molar-refractivity contribution is 6.23. The van der Waals surface area contributed by atoms with Gasteiger partial charge in [-0.25, -0.2) is 9.69 Å². The van der Waals surface area contributed by atoms with E-state index in [0.29, 0.717) is 17.0 Å². The predicted octanol–water partition coefficient (Wildman–Crippen LogP) is 2.14. The van der Waals surface area contributed by atoms with Crippen LogP contribution in [0.25, 0.3) is 0 Å². The number of imide groups is 1. The lowest BCUT2D eigenvalue weighted by molar-refractivity contribution is -0.140. The molecule has 0 radical (unpaired) electrons. The minimum atomic E-state index is -0.874. The molecule has 0 bridgehead atoms. The van der Waals surface area contributed by atoms with E-state index in [2.05, 4.69) is 4.74 Å². The van der Waals surface area contributed by atoms with E-state index in [1.807, 2.05) is 0 Å². The molecular weight excluding hydrogens is 376 g/mol. The first-order valence-corrected chi connectivity index (χ1v) is 9.37. The topological polar surface area (TPSA) is 97.1 Å². The summed E-state index contributed by atoms with van der Waals surface area (Å²) in [7, 11) is 1.28. The van der Waals surface area contributed by atoms with Gasteiger partial charge in [0.05, 0.1) is 37.6 Å². The fourth-order valence-electron chi connectivity index (χ4n) is 3.47. The summed E-state index contributed by atoms with van der Waals surface area (Å²) >= 11 is 0. The zero-order chi connectivity index (χ0) is 20.5. The quantitative estimate of drug-likeness (QED) is 0.548. The number of nitrogens with zero attached hydrogens (tertiary/aromatic N) is 2. The molecule has 2 fully saturated rings. The number of anilines is 1. The smallest absolute Gasteiger partial charge is 0.337 e. The minimum absolute atomic E-state index is 0.0866. The Morgan fingerprint density at radius 2 is 1.90 bits per heavy atom. The van der Waals surface area contributed by atoms with Crippen molar-refractivity contribution in [1.82, 2.24) is 4.90 Å². The van der Waals surface area contributed by atoms with Crippen LogP contribution in [0.2, 0.25) is 0 Å². The molecule has 4 rings (SSSR count). The SMILES string of the molecule is COC(=O)c1ccc(N2C(=O)CC(N(Cc3ccco3)C(=O)C3CC3)C2=O)cc1. The van der Waals surface area contributed by atoms with Gasteiger partial charge in [0.1, 0.15) is 11.8 Å². The van der Waals surface area contributed by atoms with Crippen LogP contribution in [0.15, 0.2) is 47.1 Å². The summed E-state index contributed by atoms with van der Waals surface area (Å²) in [5.74, 6) is -1.02. The lowest BCUT2D eigenvalue weighted by Crippen LogP contribution is -2.45. The average Bonchev–Trinajstić information content (AvgIpc) is 3.38. The van der Waals surface area contributed by atoms with E-state index in [1.165, 1.54) is 42.5 Å². The number of methoxy groups -OCH3 is 1. The third kappa shape index (κ3) is 3.65. The van der Waals surface area contributed by atoms with E-state index >= 15 is 0 Å². The van der Waals surface area contributed by atoms with E-state index < -0.39 is 17.9 Å². The lowest BCUT2D eigenvalue weighted by atomic mass is 10.1. The standard InChI is InChI=1S/C21H20N2O6/c1-28-21(27)14-6-8-15(9-7-14)23-18(24)11-17(20(23)26)22(19(25)13-4-5-13)12-16-3-2-10-29-16/h2-3,6-10,13,17H,4-5,11-12H2,1H3. The number of benzene rings is 1. The van der Waals surface area contributed by atoms with Crippen molar-refractivity contribution in [3.05, 3.63) is 54.0 Å². The van der Waals surface area contributed by atoms with Gasteiger partial charge in [-0.2, -0.15) is 0 Å². The van der Waals surface area contributed by atoms with Gasteiger partial charge in [-0.15, -0.1) is 0 Å². The van der Waals surface area contributed by atoms with Crippen LogP contribution in [0.1, 0.15) is 35.4 Å². The van der Waals surface area contributed by atoms with Crippen LogP contribution in [-0.2, 0) is 25.7 Å². The molecule has 1 saturated heterocycles. The molecule has 2 aromatic rings. The highest BCUT2D eigenvalue weighted by atomic mass is 16.5. The molecule has 1 saturated carbocycles. The molecule has 1 aromatic heterocycles. The summed E-state index contributed by atoms with van der Waals surface area (Å²) in [6, 6.07) is 8.59. The Balaban J connectivity index is 1.58. The maximum Gasteiger partial charge on any atom is 0.337 e. The van der Waals surface area contributed by atoms with E-state index in [4.69, 9.17) is 4.42 Å². The van der Waals surface area contributed by atoms with Gasteiger partial charge in [0.2, 0.25) is 11.8 Å². The predicted molar refractivity (Wildman–Crippen MR) is 101 cm³/mol. The third-order valence-electron chi connectivity index (χ3n) is 5.16. The highest BCUT2D eigenvalue weighted by Gasteiger charge is 2.47. The van der Waals surface area contributed by atoms with Crippen LogP contribution in [-0.4, -0.2) is 41.7 Å². The summed E-state index contributed by atoms with van der Waals surface area (Å²) in [6.07, 6.45) is 3.00. The lowest BCUT2D eigenvalue weighted by Gasteiger charge is -2.27. The number of hydrogen-bond acceptors (Lipinski definition) is 6. The van der Waals surface area contributed by atoms with E-state index in [9.17, 15) is 19.2 Å². The molecule has 1 aliphatic carbocycles. The first-order chi connectivity index (χ1) is 14.0. The van der Waals surface area contributed by atoms with Gasteiger partial charge in [0.25, 0.3) is 5.91 Å². The first-order valence-electron chi connectivity index (χ1n) is 9.37. The van der Waals surface area contributed by atoms with Crippen molar-refractivity contribution >= 4 is 29.4 Å². The number of amides is 3. The zero-order valence-corrected chi connectivity index (χ0v) is 15.9. The minimum Gasteiger partial charge on any atom is -0.467 e. The Morgan fingerprint density at radius 3 is 2.48 bits per heavy atom. The number of carbonyl (C=O) groups excluding carboxylic acids is 4. The summed E-state index contributed by atoms with van der Waals surface area (Å²) in [4.78, 5) is 52.7. The number of hydrogen-bond donors (Lipinski definition) is 0. The highest BCUT2D eigenvalue weighted by Crippen LogP contribution is 2.35. The molecule has 8 heteroatoms. The first kappa shape index (κ1) is 18.9. The number of furan rings is 1. The van der Waals surface area contributed by atoms with Crippen LogP contribution >= 0.6 is 0 Å². The molecule has 1 aliphatic heterocycles. The van der Waals surface area contributed by atoms with E-state index in [-0.39, 0.29) is 30.7 Å². The molecular formula is C21H20N2O6. The fraction of sp³-hybridized carbons (Fsp3) is 0.333. The van der Waals surface area contributed by atoms with Crippen molar-refractivity contribution in [1.29, 1.82) is 0 Å². The zero-order valence-electron chi connectivity index (χ0n) is 15.9. The average molecular weight is 396 g/mol. The van der Waals surface area contributed by atoms with Gasteiger partial charge >= 0.3 is 5.97 Å². The van der Waals surface area contributed by atoms with Crippen LogP contribution in [0.5, 0.6) is 0 Å². The molecule has 150 valence electrons. The summed E-state index contributed by atoms with van der Waals surface area (Å²) in [5, 5.41) is 0. The van der Waals surface area contributed by atoms with Gasteiger partial charge < -0.3 is 14.1 Å². The van der Waals surface area contributed by atoms with Crippen LogP contribution in [0.3, 0.4) is 0 Å². The molecule has 2 aliphatic rings. The molecule has 3 amide bonds. The Labute approximate surface area is 167 Å². The number of ether oxygens (including phenoxy) is 1. The van der Waals surface area contributed by atoms with Crippen LogP contribution in [0.4, 0.5) is 5.69 Å². The maximum atomic E-state index is 13.1. The second kappa shape index (κ2) is 7.54. The number of rotatable bonds is 6. The third-order valence-corrected chi connectivity index (χ3v) is 5.16. The number of esters is 1. The second-order valence-electron chi connectivity index (χ2n) is 7.15. The fourth-order valence-corrected chi connectivity index (χ4v) is 3.47. The largest absolute Gasteiger partial charge is 0.467 e. The summed E-state index contributed by atoms with van der Waals surface area (Å²) in [5.41, 5.74) is 0.669. The molecule has 2 heterocycles. The molecule has 8 nitrogen and oxygen atoms in total. The number of carbonyl (C=O) groups is 4. The van der Waals surface area contributed by atoms with Gasteiger partial charge in [0.15, 0.2) is 0 Å². The van der Waals surface area contributed by atoms with Gasteiger partial charge in [0, 0.05) is 5.92 Å². The van der Waals surface area contributed by atoms with Crippen molar-refractivity contribution < 1.29 is 28.3 Å². The van der Waals surface area contributed by atoms with E-state index in [1.54, 1.807) is 12.1 Å². The molecule has 1 aromatic carbocycles. The van der Waals surface area contributed by atoms with Crippen LogP contribution < -0.4 is 4.90 Å². The Morgan fingerprint density at radius 1 is 1.17 bits per heavy atom. The van der Waals surface area contributed by atoms with E-state index in [0.717, 1.165) is 17.7 Å². The molecule has 1 unspecified atom stereocenters. The normalized spacial score (nSPS) is 18.8. The summed E-state index contributed by atoms with van der Waals surface area (Å²) in [6.45, 7) is 0.140. The molecule has 0 N–H and O–H groups in total. The van der Waals surface area contributed by atoms with Crippen molar-refractivity contribution in [3.8, 4) is 0 Å². The Kier molecular flexibility index (Phi) is 4.92. The van der Waals surface area contributed by atoms with Crippen LogP contribution in [0, 0.1) is 5.92 Å². The van der Waals surface area contributed by atoms with Crippen molar-refractivity contribution in [2.75, 3.05) is 12.0 Å². The van der Waals surface area contributed by atoms with Crippen molar-refractivity contribution in [2.45, 2.75) is 31.8 Å². The van der Waals surface area contributed by atoms with Gasteiger partial charge in [-0.05, 0) is 49.2 Å². The van der Waals surface area contributed by atoms with Crippen molar-refractivity contribution in [2.24, 2.45) is 5.92 Å². The van der Waals surface area contributed by atoms with Crippen molar-refractivity contribution in [3.63, 3.8) is 0 Å². The Hall–Kier alpha value is -3.42. The van der Waals surface area contributed by atoms with Gasteiger partial charge in [-0.1, -0.05) is 0 Å². The molecule has 29 heavy (non-hydrogen) atoms. The Bertz CT molecular complexity index is 946. The summed E-state index contributed by atoms with van der Waals surface area (Å²) < 4.78 is 10.0.